The molecule has 0 saturated carbocycles. The molecule has 1 aliphatic heterocycles. The second-order valence-corrected chi connectivity index (χ2v) is 5.17. The Morgan fingerprint density at radius 2 is 2.00 bits per heavy atom. The highest BCUT2D eigenvalue weighted by atomic mass is 16.6. The summed E-state index contributed by atoms with van der Waals surface area (Å²) in [4.78, 5) is 16.6. The topological polar surface area (TPSA) is 78.3 Å². The van der Waals surface area contributed by atoms with E-state index >= 15 is 0 Å². The molecule has 1 N–H and O–H groups in total. The van der Waals surface area contributed by atoms with Crippen LogP contribution in [0.4, 0.5) is 5.69 Å². The van der Waals surface area contributed by atoms with E-state index in [4.69, 9.17) is 9.47 Å². The number of ether oxygens (including phenoxy) is 2. The summed E-state index contributed by atoms with van der Waals surface area (Å²) in [5.41, 5.74) is 1.10. The van der Waals surface area contributed by atoms with Crippen molar-refractivity contribution in [2.24, 2.45) is 0 Å². The van der Waals surface area contributed by atoms with Crippen LogP contribution in [0.2, 0.25) is 0 Å². The quantitative estimate of drug-likeness (QED) is 0.800. The van der Waals surface area contributed by atoms with Crippen LogP contribution in [0.25, 0.3) is 5.82 Å². The van der Waals surface area contributed by atoms with Gasteiger partial charge in [-0.3, -0.25) is 4.79 Å². The minimum atomic E-state index is -0.236. The van der Waals surface area contributed by atoms with Gasteiger partial charge in [0.2, 0.25) is 0 Å². The number of benzene rings is 1. The molecule has 7 nitrogen and oxygen atoms in total. The van der Waals surface area contributed by atoms with Gasteiger partial charge < -0.3 is 14.8 Å². The fourth-order valence-corrected chi connectivity index (χ4v) is 2.39. The molecule has 0 bridgehead atoms. The molecule has 0 unspecified atom stereocenters. The number of rotatable bonds is 3. The molecule has 7 heteroatoms. The van der Waals surface area contributed by atoms with Crippen LogP contribution in [-0.4, -0.2) is 33.9 Å². The van der Waals surface area contributed by atoms with Crippen molar-refractivity contribution in [1.82, 2.24) is 14.8 Å². The highest BCUT2D eigenvalue weighted by Crippen LogP contribution is 2.30. The maximum absolute atomic E-state index is 12.4. The molecule has 120 valence electrons. The van der Waals surface area contributed by atoms with Gasteiger partial charge in [-0.15, -0.1) is 0 Å². The number of carbonyl (C=O) groups excluding carboxylic acids is 1. The Labute approximate surface area is 137 Å². The lowest BCUT2D eigenvalue weighted by atomic mass is 10.2. The summed E-state index contributed by atoms with van der Waals surface area (Å²) in [6, 6.07) is 10.5. The van der Waals surface area contributed by atoms with Crippen LogP contribution in [0.15, 0.2) is 55.0 Å². The molecule has 1 aliphatic rings. The third-order valence-corrected chi connectivity index (χ3v) is 3.55. The highest BCUT2D eigenvalue weighted by Gasteiger charge is 2.15. The minimum absolute atomic E-state index is 0.236. The Morgan fingerprint density at radius 1 is 1.12 bits per heavy atom. The van der Waals surface area contributed by atoms with Crippen molar-refractivity contribution < 1.29 is 14.3 Å². The van der Waals surface area contributed by atoms with E-state index in [1.165, 1.54) is 0 Å². The van der Waals surface area contributed by atoms with Crippen LogP contribution < -0.4 is 14.8 Å². The van der Waals surface area contributed by atoms with Crippen LogP contribution in [0.1, 0.15) is 10.4 Å². The van der Waals surface area contributed by atoms with Gasteiger partial charge in [0.05, 0.1) is 11.9 Å². The van der Waals surface area contributed by atoms with Crippen LogP contribution in [0.5, 0.6) is 11.5 Å². The maximum Gasteiger partial charge on any atom is 0.255 e. The van der Waals surface area contributed by atoms with Gasteiger partial charge >= 0.3 is 0 Å². The van der Waals surface area contributed by atoms with Crippen LogP contribution >= 0.6 is 0 Å². The molecule has 0 aliphatic carbocycles. The molecule has 0 fully saturated rings. The zero-order valence-electron chi connectivity index (χ0n) is 12.7. The van der Waals surface area contributed by atoms with Crippen LogP contribution in [-0.2, 0) is 0 Å². The normalized spacial score (nSPS) is 12.7. The molecule has 3 heterocycles. The van der Waals surface area contributed by atoms with Gasteiger partial charge in [-0.2, -0.15) is 5.10 Å². The monoisotopic (exact) mass is 322 g/mol. The molecule has 2 aromatic heterocycles. The van der Waals surface area contributed by atoms with Gasteiger partial charge in [-0.1, -0.05) is 0 Å². The van der Waals surface area contributed by atoms with Crippen LogP contribution in [0, 0.1) is 0 Å². The molecule has 0 radical (unpaired) electrons. The summed E-state index contributed by atoms with van der Waals surface area (Å²) in [7, 11) is 0. The first-order valence-corrected chi connectivity index (χ1v) is 7.47. The van der Waals surface area contributed by atoms with Crippen molar-refractivity contribution in [3.8, 4) is 17.3 Å². The van der Waals surface area contributed by atoms with Crippen molar-refractivity contribution in [1.29, 1.82) is 0 Å². The number of aromatic nitrogens is 3. The SMILES string of the molecule is O=C(Nc1ccc(-n2cccn2)nc1)c1ccc2c(c1)OCCO2. The molecular weight excluding hydrogens is 308 g/mol. The number of amides is 1. The number of hydrogen-bond acceptors (Lipinski definition) is 5. The van der Waals surface area contributed by atoms with Gasteiger partial charge in [0.25, 0.3) is 5.91 Å². The lowest BCUT2D eigenvalue weighted by Gasteiger charge is -2.18. The zero-order valence-corrected chi connectivity index (χ0v) is 12.7. The molecule has 24 heavy (non-hydrogen) atoms. The predicted octanol–water partition coefficient (Wildman–Crippen LogP) is 2.29. The second kappa shape index (κ2) is 6.04. The molecule has 3 aromatic rings. The Bertz CT molecular complexity index is 860. The van der Waals surface area contributed by atoms with E-state index in [0.717, 1.165) is 0 Å². The summed E-state index contributed by atoms with van der Waals surface area (Å²) >= 11 is 0. The smallest absolute Gasteiger partial charge is 0.255 e. The van der Waals surface area contributed by atoms with Gasteiger partial charge in [0.1, 0.15) is 13.2 Å². The molecule has 1 amide bonds. The number of nitrogens with zero attached hydrogens (tertiary/aromatic N) is 3. The largest absolute Gasteiger partial charge is 0.486 e. The summed E-state index contributed by atoms with van der Waals surface area (Å²) in [6.07, 6.45) is 5.07. The molecule has 1 aromatic carbocycles. The number of pyridine rings is 1. The Balaban J connectivity index is 1.49. The fourth-order valence-electron chi connectivity index (χ4n) is 2.39. The van der Waals surface area contributed by atoms with E-state index in [1.807, 2.05) is 6.07 Å². The van der Waals surface area contributed by atoms with Crippen molar-refractivity contribution in [2.45, 2.75) is 0 Å². The molecular formula is C17H14N4O3. The summed E-state index contributed by atoms with van der Waals surface area (Å²) in [6.45, 7) is 1.00. The molecule has 4 rings (SSSR count). The van der Waals surface area contributed by atoms with Crippen LogP contribution in [0.3, 0.4) is 0 Å². The zero-order chi connectivity index (χ0) is 16.4. The van der Waals surface area contributed by atoms with E-state index in [0.29, 0.717) is 41.8 Å². The predicted molar refractivity (Wildman–Crippen MR) is 86.7 cm³/mol. The van der Waals surface area contributed by atoms with Gasteiger partial charge in [0, 0.05) is 18.0 Å². The van der Waals surface area contributed by atoms with Crippen molar-refractivity contribution in [3.05, 3.63) is 60.6 Å². The van der Waals surface area contributed by atoms with Gasteiger partial charge in [-0.25, -0.2) is 9.67 Å². The Hall–Kier alpha value is -3.35. The third kappa shape index (κ3) is 2.79. The van der Waals surface area contributed by atoms with Crippen molar-refractivity contribution >= 4 is 11.6 Å². The maximum atomic E-state index is 12.4. The van der Waals surface area contributed by atoms with Crippen molar-refractivity contribution in [2.75, 3.05) is 18.5 Å². The summed E-state index contributed by atoms with van der Waals surface area (Å²) < 4.78 is 12.6. The summed E-state index contributed by atoms with van der Waals surface area (Å²) in [5.74, 6) is 1.68. The first-order valence-electron chi connectivity index (χ1n) is 7.47. The minimum Gasteiger partial charge on any atom is -0.486 e. The lowest BCUT2D eigenvalue weighted by molar-refractivity contribution is 0.102. The Morgan fingerprint density at radius 3 is 2.75 bits per heavy atom. The van der Waals surface area contributed by atoms with Gasteiger partial charge in [0.15, 0.2) is 17.3 Å². The molecule has 0 saturated heterocycles. The number of nitrogens with one attached hydrogen (secondary N) is 1. The molecule has 0 atom stereocenters. The average molecular weight is 322 g/mol. The van der Waals surface area contributed by atoms with E-state index in [2.05, 4.69) is 15.4 Å². The van der Waals surface area contributed by atoms with Gasteiger partial charge in [-0.05, 0) is 36.4 Å². The molecule has 0 spiro atoms. The summed E-state index contributed by atoms with van der Waals surface area (Å²) in [5, 5.41) is 6.92. The highest BCUT2D eigenvalue weighted by molar-refractivity contribution is 6.04. The fraction of sp³-hybridized carbons (Fsp3) is 0.118. The number of fused-ring (bicyclic) bond motifs is 1. The lowest BCUT2D eigenvalue weighted by Crippen LogP contribution is -2.17. The standard InChI is InChI=1S/C17H14N4O3/c22-17(12-2-4-14-15(10-12)24-9-8-23-14)20-13-3-5-16(18-11-13)21-7-1-6-19-21/h1-7,10-11H,8-9H2,(H,20,22). The number of anilines is 1. The third-order valence-electron chi connectivity index (χ3n) is 3.55. The van der Waals surface area contributed by atoms with E-state index in [9.17, 15) is 4.79 Å². The van der Waals surface area contributed by atoms with E-state index in [1.54, 1.807) is 53.6 Å². The van der Waals surface area contributed by atoms with E-state index in [-0.39, 0.29) is 5.91 Å². The average Bonchev–Trinajstić information content (AvgIpc) is 3.16. The first kappa shape index (κ1) is 14.3. The Kier molecular flexibility index (Phi) is 3.59. The first-order chi connectivity index (χ1) is 11.8. The van der Waals surface area contributed by atoms with Crippen molar-refractivity contribution in [3.63, 3.8) is 0 Å². The van der Waals surface area contributed by atoms with E-state index < -0.39 is 0 Å². The second-order valence-electron chi connectivity index (χ2n) is 5.17. The number of carbonyl (C=O) groups is 1. The number of hydrogen-bond donors (Lipinski definition) is 1.